The summed E-state index contributed by atoms with van der Waals surface area (Å²) < 4.78 is 32.7. The van der Waals surface area contributed by atoms with Crippen molar-refractivity contribution in [3.05, 3.63) is 29.8 Å². The van der Waals surface area contributed by atoms with Gasteiger partial charge in [-0.1, -0.05) is 77.3 Å². The Hall–Kier alpha value is -0.870. The van der Waals surface area contributed by atoms with E-state index in [-0.39, 0.29) is 4.90 Å². The highest BCUT2D eigenvalue weighted by Gasteiger charge is 2.07. The first-order chi connectivity index (χ1) is 10.4. The van der Waals surface area contributed by atoms with E-state index in [2.05, 4.69) is 13.8 Å². The van der Waals surface area contributed by atoms with Crippen LogP contribution in [0, 0.1) is 0 Å². The third-order valence-electron chi connectivity index (χ3n) is 4.23. The van der Waals surface area contributed by atoms with Gasteiger partial charge in [0, 0.05) is 0 Å². The summed E-state index contributed by atoms with van der Waals surface area (Å²) in [7, 11) is -4.33. The first kappa shape index (κ1) is 19.2. The summed E-state index contributed by atoms with van der Waals surface area (Å²) in [4.78, 5) is -0.143. The average molecular weight is 325 g/mol. The van der Waals surface area contributed by atoms with Crippen molar-refractivity contribution in [2.75, 3.05) is 0 Å². The van der Waals surface area contributed by atoms with Crippen LogP contribution in [0.15, 0.2) is 29.2 Å². The number of unbranched alkanes of at least 4 members (excludes halogenated alkanes) is 7. The summed E-state index contributed by atoms with van der Waals surface area (Å²) >= 11 is 0. The molecule has 0 N–H and O–H groups in total. The van der Waals surface area contributed by atoms with E-state index in [1.165, 1.54) is 63.5 Å². The average Bonchev–Trinajstić information content (AvgIpc) is 2.49. The second-order valence-corrected chi connectivity index (χ2v) is 7.57. The normalized spacial score (nSPS) is 13.2. The molecule has 1 aromatic rings. The molecule has 0 aliphatic carbocycles. The van der Waals surface area contributed by atoms with Gasteiger partial charge in [0.1, 0.15) is 10.1 Å². The monoisotopic (exact) mass is 325 g/mol. The second kappa shape index (κ2) is 10.0. The number of benzene rings is 1. The summed E-state index contributed by atoms with van der Waals surface area (Å²) in [6, 6.07) is 6.37. The van der Waals surface area contributed by atoms with Gasteiger partial charge in [-0.25, -0.2) is 8.42 Å². The van der Waals surface area contributed by atoms with E-state index in [4.69, 9.17) is 0 Å². The van der Waals surface area contributed by atoms with Crippen LogP contribution in [0.3, 0.4) is 0 Å². The maximum Gasteiger partial charge on any atom is 0.124 e. The molecule has 1 atom stereocenters. The Kier molecular flexibility index (Phi) is 8.72. The lowest BCUT2D eigenvalue weighted by Gasteiger charge is -2.13. The maximum atomic E-state index is 10.9. The zero-order valence-electron chi connectivity index (χ0n) is 13.9. The highest BCUT2D eigenvalue weighted by Crippen LogP contribution is 2.23. The van der Waals surface area contributed by atoms with E-state index >= 15 is 0 Å². The summed E-state index contributed by atoms with van der Waals surface area (Å²) in [5.41, 5.74) is 1.11. The third-order valence-corrected chi connectivity index (χ3v) is 5.08. The van der Waals surface area contributed by atoms with Crippen molar-refractivity contribution in [1.82, 2.24) is 0 Å². The summed E-state index contributed by atoms with van der Waals surface area (Å²) in [6.07, 6.45) is 11.6. The van der Waals surface area contributed by atoms with E-state index in [9.17, 15) is 13.0 Å². The molecule has 0 heterocycles. The van der Waals surface area contributed by atoms with Gasteiger partial charge in [-0.3, -0.25) is 0 Å². The third kappa shape index (κ3) is 7.41. The van der Waals surface area contributed by atoms with Gasteiger partial charge < -0.3 is 4.55 Å². The predicted molar refractivity (Wildman–Crippen MR) is 90.0 cm³/mol. The van der Waals surface area contributed by atoms with Crippen LogP contribution in [0.5, 0.6) is 0 Å². The van der Waals surface area contributed by atoms with Crippen LogP contribution in [-0.4, -0.2) is 13.0 Å². The van der Waals surface area contributed by atoms with E-state index in [1.54, 1.807) is 12.1 Å². The molecule has 3 nitrogen and oxygen atoms in total. The highest BCUT2D eigenvalue weighted by atomic mass is 32.2. The molecule has 0 fully saturated rings. The number of hydrogen-bond donors (Lipinski definition) is 0. The van der Waals surface area contributed by atoms with Crippen molar-refractivity contribution in [1.29, 1.82) is 0 Å². The molecule has 0 radical (unpaired) electrons. The van der Waals surface area contributed by atoms with Gasteiger partial charge in [-0.05, 0) is 30.0 Å². The molecule has 22 heavy (non-hydrogen) atoms. The number of rotatable bonds is 11. The van der Waals surface area contributed by atoms with Crippen LogP contribution in [0.4, 0.5) is 0 Å². The smallest absolute Gasteiger partial charge is 0.124 e. The minimum Gasteiger partial charge on any atom is -0.744 e. The molecule has 1 rings (SSSR count). The zero-order chi connectivity index (χ0) is 16.4. The SMILES string of the molecule is CCCCCCCCCCC(C)c1ccc(S(=O)(=O)[O-])cc1. The first-order valence-electron chi connectivity index (χ1n) is 8.51. The summed E-state index contributed by atoms with van der Waals surface area (Å²) in [6.45, 7) is 4.39. The van der Waals surface area contributed by atoms with E-state index < -0.39 is 10.1 Å². The molecular weight excluding hydrogens is 296 g/mol. The van der Waals surface area contributed by atoms with Crippen molar-refractivity contribution in [2.24, 2.45) is 0 Å². The van der Waals surface area contributed by atoms with Crippen molar-refractivity contribution in [3.63, 3.8) is 0 Å². The molecule has 0 aliphatic heterocycles. The van der Waals surface area contributed by atoms with Crippen LogP contribution >= 0.6 is 0 Å². The lowest BCUT2D eigenvalue weighted by atomic mass is 9.95. The van der Waals surface area contributed by atoms with Crippen LogP contribution < -0.4 is 0 Å². The van der Waals surface area contributed by atoms with Crippen LogP contribution in [0.25, 0.3) is 0 Å². The fourth-order valence-electron chi connectivity index (χ4n) is 2.71. The van der Waals surface area contributed by atoms with E-state index in [0.717, 1.165) is 12.0 Å². The molecule has 126 valence electrons. The molecule has 0 aromatic heterocycles. The van der Waals surface area contributed by atoms with Crippen molar-refractivity contribution in [3.8, 4) is 0 Å². The maximum absolute atomic E-state index is 10.9. The van der Waals surface area contributed by atoms with Gasteiger partial charge in [-0.2, -0.15) is 0 Å². The molecule has 0 bridgehead atoms. The molecule has 4 heteroatoms. The van der Waals surface area contributed by atoms with Gasteiger partial charge >= 0.3 is 0 Å². The Balaban J connectivity index is 2.24. The minimum atomic E-state index is -4.33. The van der Waals surface area contributed by atoms with Gasteiger partial charge in [0.15, 0.2) is 0 Å². The van der Waals surface area contributed by atoms with Crippen molar-refractivity contribution in [2.45, 2.75) is 82.4 Å². The molecular formula is C18H29O3S-. The fourth-order valence-corrected chi connectivity index (χ4v) is 3.18. The van der Waals surface area contributed by atoms with Crippen molar-refractivity contribution < 1.29 is 13.0 Å². The quantitative estimate of drug-likeness (QED) is 0.414. The molecule has 0 aliphatic rings. The highest BCUT2D eigenvalue weighted by molar-refractivity contribution is 7.85. The van der Waals surface area contributed by atoms with Gasteiger partial charge in [0.2, 0.25) is 0 Å². The predicted octanol–water partition coefficient (Wildman–Crippen LogP) is 5.23. The zero-order valence-corrected chi connectivity index (χ0v) is 14.7. The largest absolute Gasteiger partial charge is 0.744 e. The Labute approximate surface area is 135 Å². The summed E-state index contributed by atoms with van der Waals surface area (Å²) in [5, 5.41) is 0. The molecule has 0 spiro atoms. The first-order valence-corrected chi connectivity index (χ1v) is 9.92. The summed E-state index contributed by atoms with van der Waals surface area (Å²) in [5.74, 6) is 0.406. The van der Waals surface area contributed by atoms with Gasteiger partial charge in [0.25, 0.3) is 0 Å². The molecule has 1 unspecified atom stereocenters. The van der Waals surface area contributed by atoms with E-state index in [0.29, 0.717) is 5.92 Å². The lowest BCUT2D eigenvalue weighted by molar-refractivity contribution is 0.463. The van der Waals surface area contributed by atoms with Gasteiger partial charge in [-0.15, -0.1) is 0 Å². The molecule has 0 saturated heterocycles. The second-order valence-electron chi connectivity index (χ2n) is 6.19. The molecule has 0 saturated carbocycles. The van der Waals surface area contributed by atoms with E-state index in [1.807, 2.05) is 0 Å². The molecule has 1 aromatic carbocycles. The fraction of sp³-hybridized carbons (Fsp3) is 0.667. The topological polar surface area (TPSA) is 57.2 Å². The molecule has 0 amide bonds. The Morgan fingerprint density at radius 1 is 0.909 bits per heavy atom. The van der Waals surface area contributed by atoms with Crippen LogP contribution in [0.1, 0.15) is 83.1 Å². The number of hydrogen-bond acceptors (Lipinski definition) is 3. The van der Waals surface area contributed by atoms with Crippen LogP contribution in [-0.2, 0) is 10.1 Å². The Morgan fingerprint density at radius 3 is 1.91 bits per heavy atom. The Morgan fingerprint density at radius 2 is 1.41 bits per heavy atom. The standard InChI is InChI=1S/C18H30O3S/c1-3-4-5-6-7-8-9-10-11-16(2)17-12-14-18(15-13-17)22(19,20)21/h12-16H,3-11H2,1-2H3,(H,19,20,21)/p-1. The minimum absolute atomic E-state index is 0.143. The van der Waals surface area contributed by atoms with Gasteiger partial charge in [0.05, 0.1) is 4.90 Å². The Bertz CT molecular complexity index is 506. The van der Waals surface area contributed by atoms with Crippen molar-refractivity contribution >= 4 is 10.1 Å². The van der Waals surface area contributed by atoms with Crippen LogP contribution in [0.2, 0.25) is 0 Å². The lowest BCUT2D eigenvalue weighted by Crippen LogP contribution is -2.00.